The first kappa shape index (κ1) is 6.07. The second-order valence-corrected chi connectivity index (χ2v) is 6.64. The molecule has 0 rings (SSSR count). The molecular formula is C2H4Cl2Ru. The van der Waals surface area contributed by atoms with Gasteiger partial charge in [-0.2, -0.15) is 0 Å². The molecule has 0 aromatic heterocycles. The molecular weight excluding hydrogens is 196 g/mol. The normalized spacial score (nSPS) is 10.6. The summed E-state index contributed by atoms with van der Waals surface area (Å²) in [6, 6.07) is 0. The van der Waals surface area contributed by atoms with Crippen molar-refractivity contribution in [1.29, 1.82) is 0 Å². The monoisotopic (exact) mass is 200 g/mol. The van der Waals surface area contributed by atoms with Crippen molar-refractivity contribution in [2.45, 2.75) is 6.92 Å². The van der Waals surface area contributed by atoms with Crippen molar-refractivity contribution in [2.24, 2.45) is 0 Å². The maximum atomic E-state index is 5.32. The van der Waals surface area contributed by atoms with Crippen LogP contribution in [0, 0.1) is 0 Å². The predicted molar refractivity (Wildman–Crippen MR) is 23.4 cm³/mol. The van der Waals surface area contributed by atoms with Gasteiger partial charge in [-0.3, -0.25) is 0 Å². The molecule has 3 heteroatoms. The van der Waals surface area contributed by atoms with Gasteiger partial charge in [0.25, 0.3) is 0 Å². The van der Waals surface area contributed by atoms with Gasteiger partial charge in [0, 0.05) is 0 Å². The number of hydrogen-bond acceptors (Lipinski definition) is 0. The molecule has 0 aliphatic heterocycles. The van der Waals surface area contributed by atoms with E-state index in [1.165, 1.54) is 0 Å². The summed E-state index contributed by atoms with van der Waals surface area (Å²) in [5, 5.41) is 0. The molecule has 0 aromatic rings. The van der Waals surface area contributed by atoms with Gasteiger partial charge in [-0.25, -0.2) is 0 Å². The van der Waals surface area contributed by atoms with Crippen LogP contribution in [0.25, 0.3) is 0 Å². The van der Waals surface area contributed by atoms with Crippen molar-refractivity contribution < 1.29 is 13.5 Å². The molecule has 0 fully saturated rings. The van der Waals surface area contributed by atoms with E-state index in [1.807, 2.05) is 11.5 Å². The molecule has 0 unspecified atom stereocenters. The summed E-state index contributed by atoms with van der Waals surface area (Å²) >= 11 is -1.36. The zero-order valence-corrected chi connectivity index (χ0v) is 5.94. The Morgan fingerprint density at radius 3 is 1.80 bits per heavy atom. The molecule has 0 aliphatic rings. The van der Waals surface area contributed by atoms with E-state index in [9.17, 15) is 0 Å². The minimum absolute atomic E-state index is 1.36. The predicted octanol–water partition coefficient (Wildman–Crippen LogP) is 1.73. The van der Waals surface area contributed by atoms with Crippen molar-refractivity contribution in [3.63, 3.8) is 0 Å². The fourth-order valence-corrected chi connectivity index (χ4v) is 0. The van der Waals surface area contributed by atoms with Crippen molar-refractivity contribution >= 4 is 24.0 Å². The Labute approximate surface area is 44.6 Å². The van der Waals surface area contributed by atoms with E-state index in [1.54, 1.807) is 0 Å². The van der Waals surface area contributed by atoms with Crippen LogP contribution in [-0.2, 0) is 13.5 Å². The van der Waals surface area contributed by atoms with Gasteiger partial charge in [0.2, 0.25) is 0 Å². The molecule has 0 saturated heterocycles. The Bertz CT molecular complexity index is 45.6. The first-order chi connectivity index (χ1) is 2.27. The van der Waals surface area contributed by atoms with E-state index in [0.29, 0.717) is 0 Å². The third-order valence-corrected chi connectivity index (χ3v) is 2.74. The number of rotatable bonds is 0. The molecule has 0 saturated carbocycles. The topological polar surface area (TPSA) is 0 Å². The van der Waals surface area contributed by atoms with E-state index in [-0.39, 0.29) is 0 Å². The van der Waals surface area contributed by atoms with Gasteiger partial charge in [-0.15, -0.1) is 0 Å². The average molecular weight is 200 g/mol. The van der Waals surface area contributed by atoms with Gasteiger partial charge in [0.05, 0.1) is 0 Å². The second kappa shape index (κ2) is 3.27. The van der Waals surface area contributed by atoms with Gasteiger partial charge >= 0.3 is 44.4 Å². The molecule has 0 nitrogen and oxygen atoms in total. The summed E-state index contributed by atoms with van der Waals surface area (Å²) in [6.07, 6.45) is 0. The van der Waals surface area contributed by atoms with Crippen LogP contribution in [0.3, 0.4) is 0 Å². The molecule has 0 aliphatic carbocycles. The van der Waals surface area contributed by atoms with Crippen molar-refractivity contribution in [1.82, 2.24) is 0 Å². The first-order valence-corrected chi connectivity index (χ1v) is 6.53. The van der Waals surface area contributed by atoms with E-state index in [2.05, 4.69) is 0 Å². The van der Waals surface area contributed by atoms with Crippen LogP contribution in [0.2, 0.25) is 0 Å². The van der Waals surface area contributed by atoms with Gasteiger partial charge in [-0.05, 0) is 0 Å². The summed E-state index contributed by atoms with van der Waals surface area (Å²) in [5.41, 5.74) is 0. The van der Waals surface area contributed by atoms with Crippen molar-refractivity contribution in [3.05, 3.63) is 0 Å². The average Bonchev–Trinajstić information content (AvgIpc) is 1.38. The first-order valence-electron chi connectivity index (χ1n) is 1.05. The van der Waals surface area contributed by atoms with Gasteiger partial charge in [0.15, 0.2) is 0 Å². The fraction of sp³-hybridized carbons (Fsp3) is 0.500. The molecule has 0 N–H and O–H groups in total. The number of hydrogen-bond donors (Lipinski definition) is 0. The molecule has 0 heterocycles. The van der Waals surface area contributed by atoms with Crippen LogP contribution in [0.1, 0.15) is 6.92 Å². The van der Waals surface area contributed by atoms with Gasteiger partial charge in [0.1, 0.15) is 0 Å². The molecule has 0 radical (unpaired) electrons. The Morgan fingerprint density at radius 1 is 1.60 bits per heavy atom. The summed E-state index contributed by atoms with van der Waals surface area (Å²) in [4.78, 5) is 0. The Hall–Kier alpha value is 1.07. The summed E-state index contributed by atoms with van der Waals surface area (Å²) in [6.45, 7) is 1.87. The van der Waals surface area contributed by atoms with Crippen LogP contribution >= 0.6 is 19.4 Å². The van der Waals surface area contributed by atoms with Crippen LogP contribution in [0.15, 0.2) is 0 Å². The Balaban J connectivity index is 3.14. The molecule has 0 atom stereocenters. The third-order valence-electron chi connectivity index (χ3n) is 0.154. The maximum absolute atomic E-state index is 5.32. The van der Waals surface area contributed by atoms with Crippen molar-refractivity contribution in [2.75, 3.05) is 0 Å². The summed E-state index contributed by atoms with van der Waals surface area (Å²) in [5.74, 6) is 0. The standard InChI is InChI=1S/C2H4.2ClH.Ru/c1-2;;;/h1H,2H3;2*1H;/q;;;+2/p-2. The van der Waals surface area contributed by atoms with Crippen LogP contribution in [-0.4, -0.2) is 4.61 Å². The van der Waals surface area contributed by atoms with Crippen LogP contribution in [0.5, 0.6) is 0 Å². The Kier molecular flexibility index (Phi) is 3.97. The van der Waals surface area contributed by atoms with Crippen LogP contribution < -0.4 is 0 Å². The molecule has 5 heavy (non-hydrogen) atoms. The zero-order chi connectivity index (χ0) is 4.28. The van der Waals surface area contributed by atoms with Gasteiger partial charge in [-0.1, -0.05) is 0 Å². The quantitative estimate of drug-likeness (QED) is 0.522. The molecule has 0 spiro atoms. The fourth-order valence-electron chi connectivity index (χ4n) is 0. The Morgan fingerprint density at radius 2 is 1.80 bits per heavy atom. The molecule has 34 valence electrons. The van der Waals surface area contributed by atoms with Gasteiger partial charge < -0.3 is 0 Å². The summed E-state index contributed by atoms with van der Waals surface area (Å²) < 4.78 is 1.84. The summed E-state index contributed by atoms with van der Waals surface area (Å²) in [7, 11) is 10.6. The third kappa shape index (κ3) is 5.07. The van der Waals surface area contributed by atoms with Crippen molar-refractivity contribution in [3.8, 4) is 0 Å². The van der Waals surface area contributed by atoms with E-state index in [4.69, 9.17) is 19.4 Å². The number of halogens is 2. The van der Waals surface area contributed by atoms with E-state index >= 15 is 0 Å². The van der Waals surface area contributed by atoms with E-state index < -0.39 is 13.5 Å². The second-order valence-electron chi connectivity index (χ2n) is 0.409. The SMILES string of the molecule is C[CH]=[Ru]([Cl])[Cl]. The molecule has 0 amide bonds. The van der Waals surface area contributed by atoms with Crippen LogP contribution in [0.4, 0.5) is 0 Å². The minimum atomic E-state index is -1.36. The zero-order valence-electron chi connectivity index (χ0n) is 2.69. The van der Waals surface area contributed by atoms with E-state index in [0.717, 1.165) is 0 Å². The molecule has 0 bridgehead atoms. The molecule has 0 aromatic carbocycles.